The zero-order chi connectivity index (χ0) is 9.71. The third-order valence-corrected chi connectivity index (χ3v) is 1.99. The summed E-state index contributed by atoms with van der Waals surface area (Å²) in [6.07, 6.45) is 1.64. The van der Waals surface area contributed by atoms with Crippen LogP contribution in [0.4, 0.5) is 0 Å². The summed E-state index contributed by atoms with van der Waals surface area (Å²) in [5.74, 6) is 1.12. The van der Waals surface area contributed by atoms with Crippen LogP contribution in [0.3, 0.4) is 0 Å². The molecular weight excluding hydrogens is 184 g/mol. The lowest BCUT2D eigenvalue weighted by atomic mass is 10.5. The van der Waals surface area contributed by atoms with Crippen molar-refractivity contribution in [2.24, 2.45) is 0 Å². The van der Waals surface area contributed by atoms with E-state index in [1.807, 2.05) is 0 Å². The molecule has 0 saturated heterocycles. The van der Waals surface area contributed by atoms with Gasteiger partial charge in [0.25, 0.3) is 0 Å². The van der Waals surface area contributed by atoms with E-state index in [2.05, 4.69) is 25.0 Å². The fourth-order valence-electron chi connectivity index (χ4n) is 1.40. The summed E-state index contributed by atoms with van der Waals surface area (Å²) in [5, 5.41) is 2.54. The highest BCUT2D eigenvalue weighted by Gasteiger charge is 2.07. The van der Waals surface area contributed by atoms with E-state index in [-0.39, 0.29) is 0 Å². The van der Waals surface area contributed by atoms with E-state index in [1.165, 1.54) is 4.52 Å². The third kappa shape index (κ3) is 0.804. The lowest BCUT2D eigenvalue weighted by Crippen LogP contribution is -2.03. The lowest BCUT2D eigenvalue weighted by molar-refractivity contribution is 0.966. The van der Waals surface area contributed by atoms with Gasteiger partial charge in [-0.2, -0.15) is 4.98 Å². The van der Waals surface area contributed by atoms with E-state index < -0.39 is 5.69 Å². The molecular formula is C7H6N6O. The van der Waals surface area contributed by atoms with Gasteiger partial charge in [0.2, 0.25) is 5.78 Å². The second kappa shape index (κ2) is 2.19. The Morgan fingerprint density at radius 2 is 2.29 bits per heavy atom. The van der Waals surface area contributed by atoms with E-state index in [9.17, 15) is 4.79 Å². The number of nitrogens with zero attached hydrogens (tertiary/aromatic N) is 4. The van der Waals surface area contributed by atoms with Crippen molar-refractivity contribution in [1.82, 2.24) is 29.5 Å². The number of fused-ring (bicyclic) bond motifs is 3. The molecule has 0 aliphatic heterocycles. The molecule has 3 rings (SSSR count). The van der Waals surface area contributed by atoms with Crippen LogP contribution in [0.5, 0.6) is 0 Å². The van der Waals surface area contributed by atoms with E-state index in [0.717, 1.165) is 0 Å². The second-order valence-electron chi connectivity index (χ2n) is 2.96. The Kier molecular flexibility index (Phi) is 1.13. The predicted octanol–water partition coefficient (Wildman–Crippen LogP) is -0.398. The topological polar surface area (TPSA) is 91.7 Å². The van der Waals surface area contributed by atoms with Crippen LogP contribution in [-0.2, 0) is 0 Å². The summed E-state index contributed by atoms with van der Waals surface area (Å²) in [5.41, 5.74) is 0.982. The number of H-pyrrole nitrogens is 2. The van der Waals surface area contributed by atoms with E-state index in [1.54, 1.807) is 13.1 Å². The number of nitrogens with one attached hydrogen (secondary N) is 2. The molecule has 0 unspecified atom stereocenters. The molecule has 7 nitrogen and oxygen atoms in total. The molecule has 0 amide bonds. The first kappa shape index (κ1) is 7.25. The lowest BCUT2D eigenvalue weighted by Gasteiger charge is -1.90. The Morgan fingerprint density at radius 1 is 1.43 bits per heavy atom. The van der Waals surface area contributed by atoms with Gasteiger partial charge in [-0.25, -0.2) is 24.4 Å². The molecule has 14 heavy (non-hydrogen) atoms. The molecule has 0 atom stereocenters. The minimum atomic E-state index is -0.390. The zero-order valence-corrected chi connectivity index (χ0v) is 7.27. The molecule has 70 valence electrons. The molecule has 0 bridgehead atoms. The highest BCUT2D eigenvalue weighted by molar-refractivity contribution is 5.73. The smallest absolute Gasteiger partial charge is 0.307 e. The predicted molar refractivity (Wildman–Crippen MR) is 48.0 cm³/mol. The Balaban J connectivity index is 2.59. The Bertz CT molecular complexity index is 674. The van der Waals surface area contributed by atoms with Crippen molar-refractivity contribution < 1.29 is 0 Å². The Hall–Kier alpha value is -2.18. The number of aromatic amines is 2. The molecule has 0 aliphatic rings. The highest BCUT2D eigenvalue weighted by Crippen LogP contribution is 2.09. The number of imidazole rings is 1. The van der Waals surface area contributed by atoms with Gasteiger partial charge in [0.05, 0.1) is 6.20 Å². The average molecular weight is 190 g/mol. The second-order valence-corrected chi connectivity index (χ2v) is 2.96. The third-order valence-electron chi connectivity index (χ3n) is 1.99. The molecule has 0 radical (unpaired) electrons. The van der Waals surface area contributed by atoms with Crippen molar-refractivity contribution in [2.45, 2.75) is 6.92 Å². The van der Waals surface area contributed by atoms with Gasteiger partial charge in [-0.1, -0.05) is 0 Å². The van der Waals surface area contributed by atoms with Crippen molar-refractivity contribution in [3.8, 4) is 0 Å². The summed E-state index contributed by atoms with van der Waals surface area (Å²) < 4.78 is 1.52. The van der Waals surface area contributed by atoms with Crippen LogP contribution in [-0.4, -0.2) is 29.5 Å². The Morgan fingerprint density at radius 3 is 3.14 bits per heavy atom. The van der Waals surface area contributed by atoms with Gasteiger partial charge < -0.3 is 4.98 Å². The first-order chi connectivity index (χ1) is 6.74. The zero-order valence-electron chi connectivity index (χ0n) is 7.27. The first-order valence-corrected chi connectivity index (χ1v) is 4.04. The van der Waals surface area contributed by atoms with Crippen LogP contribution in [0, 0.1) is 6.92 Å². The molecule has 0 aromatic carbocycles. The van der Waals surface area contributed by atoms with Gasteiger partial charge in [-0.15, -0.1) is 0 Å². The molecule has 0 fully saturated rings. The van der Waals surface area contributed by atoms with Crippen molar-refractivity contribution in [3.05, 3.63) is 22.5 Å². The normalized spacial score (nSPS) is 11.5. The molecule has 3 heterocycles. The largest absolute Gasteiger partial charge is 0.363 e. The van der Waals surface area contributed by atoms with Crippen LogP contribution in [0.1, 0.15) is 5.82 Å². The van der Waals surface area contributed by atoms with Gasteiger partial charge >= 0.3 is 5.69 Å². The standard InChI is InChI=1S/C7H6N6O/c1-3-8-2-4-5(9-3)10-6-11-7(14)12-13(4)6/h2H,1H3,(H2,8,9,10,11,12,14). The fraction of sp³-hybridized carbons (Fsp3) is 0.143. The summed E-state index contributed by atoms with van der Waals surface area (Å²) in [7, 11) is 0. The molecule has 0 aliphatic carbocycles. The highest BCUT2D eigenvalue weighted by atomic mass is 16.1. The molecule has 3 aromatic rings. The number of hydrogen-bond donors (Lipinski definition) is 2. The monoisotopic (exact) mass is 190 g/mol. The molecule has 7 heteroatoms. The molecule has 2 N–H and O–H groups in total. The van der Waals surface area contributed by atoms with Crippen LogP contribution in [0.25, 0.3) is 16.9 Å². The average Bonchev–Trinajstić information content (AvgIpc) is 2.59. The quantitative estimate of drug-likeness (QED) is 0.504. The number of aryl methyl sites for hydroxylation is 1. The summed E-state index contributed by atoms with van der Waals surface area (Å²) in [6.45, 7) is 1.80. The van der Waals surface area contributed by atoms with E-state index in [0.29, 0.717) is 22.8 Å². The number of aromatic nitrogens is 6. The van der Waals surface area contributed by atoms with Gasteiger partial charge in [-0.3, -0.25) is 0 Å². The van der Waals surface area contributed by atoms with Gasteiger partial charge in [-0.05, 0) is 6.92 Å². The summed E-state index contributed by atoms with van der Waals surface area (Å²) in [4.78, 5) is 25.7. The van der Waals surface area contributed by atoms with Crippen molar-refractivity contribution in [3.63, 3.8) is 0 Å². The van der Waals surface area contributed by atoms with Crippen molar-refractivity contribution in [1.29, 1.82) is 0 Å². The maximum atomic E-state index is 10.9. The fourth-order valence-corrected chi connectivity index (χ4v) is 1.40. The molecule has 3 aromatic heterocycles. The van der Waals surface area contributed by atoms with Gasteiger partial charge in [0.1, 0.15) is 11.3 Å². The molecule has 0 spiro atoms. The van der Waals surface area contributed by atoms with E-state index >= 15 is 0 Å². The van der Waals surface area contributed by atoms with Crippen LogP contribution in [0.2, 0.25) is 0 Å². The van der Waals surface area contributed by atoms with Crippen molar-refractivity contribution in [2.75, 3.05) is 0 Å². The number of rotatable bonds is 0. The van der Waals surface area contributed by atoms with E-state index in [4.69, 9.17) is 0 Å². The SMILES string of the molecule is Cc1ncc2c(n1)[nH]c1nc(=O)[nH]n12. The van der Waals surface area contributed by atoms with Gasteiger partial charge in [0, 0.05) is 0 Å². The van der Waals surface area contributed by atoms with Gasteiger partial charge in [0.15, 0.2) is 5.65 Å². The maximum absolute atomic E-state index is 10.9. The molecule has 0 saturated carbocycles. The summed E-state index contributed by atoms with van der Waals surface area (Å²) in [6, 6.07) is 0. The maximum Gasteiger partial charge on any atom is 0.363 e. The van der Waals surface area contributed by atoms with Crippen LogP contribution in [0.15, 0.2) is 11.0 Å². The van der Waals surface area contributed by atoms with Crippen LogP contribution >= 0.6 is 0 Å². The first-order valence-electron chi connectivity index (χ1n) is 4.04. The van der Waals surface area contributed by atoms with Crippen LogP contribution < -0.4 is 5.69 Å². The Labute approximate surface area is 76.8 Å². The summed E-state index contributed by atoms with van der Waals surface area (Å²) >= 11 is 0. The number of hydrogen-bond acceptors (Lipinski definition) is 4. The van der Waals surface area contributed by atoms with Crippen molar-refractivity contribution >= 4 is 16.9 Å². The minimum absolute atomic E-state index is 0.390. The minimum Gasteiger partial charge on any atom is -0.307 e.